The van der Waals surface area contributed by atoms with Crippen LogP contribution in [0.25, 0.3) is 0 Å². The Morgan fingerprint density at radius 2 is 2.00 bits per heavy atom. The molecule has 1 rings (SSSR count). The molecular formula is C10H20INO2. The van der Waals surface area contributed by atoms with E-state index in [0.29, 0.717) is 12.1 Å². The van der Waals surface area contributed by atoms with Crippen LogP contribution in [0.1, 0.15) is 27.2 Å². The molecule has 0 unspecified atom stereocenters. The summed E-state index contributed by atoms with van der Waals surface area (Å²) in [5, 5.41) is 0. The van der Waals surface area contributed by atoms with Gasteiger partial charge in [-0.1, -0.05) is 0 Å². The van der Waals surface area contributed by atoms with Gasteiger partial charge in [0.2, 0.25) is 0 Å². The zero-order valence-electron chi connectivity index (χ0n) is 9.37. The summed E-state index contributed by atoms with van der Waals surface area (Å²) in [5.74, 6) is 0. The molecule has 0 amide bonds. The maximum Gasteiger partial charge on any atom is 0.110 e. The van der Waals surface area contributed by atoms with Crippen LogP contribution in [0.5, 0.6) is 0 Å². The van der Waals surface area contributed by atoms with Crippen molar-refractivity contribution in [3.63, 3.8) is 0 Å². The molecule has 0 aromatic heterocycles. The van der Waals surface area contributed by atoms with E-state index in [1.54, 1.807) is 0 Å². The molecule has 3 atom stereocenters. The number of rotatable bonds is 4. The van der Waals surface area contributed by atoms with Crippen LogP contribution in [0, 0.1) is 0 Å². The lowest BCUT2D eigenvalue weighted by Gasteiger charge is -2.30. The van der Waals surface area contributed by atoms with Gasteiger partial charge in [-0.25, -0.2) is 0 Å². The van der Waals surface area contributed by atoms with Crippen molar-refractivity contribution in [2.24, 2.45) is 0 Å². The van der Waals surface area contributed by atoms with Crippen molar-refractivity contribution in [3.05, 3.63) is 0 Å². The van der Waals surface area contributed by atoms with Crippen LogP contribution < -0.4 is 0 Å². The highest BCUT2D eigenvalue weighted by Gasteiger charge is 2.37. The van der Waals surface area contributed by atoms with E-state index >= 15 is 0 Å². The lowest BCUT2D eigenvalue weighted by molar-refractivity contribution is -0.0367. The Kier molecular flexibility index (Phi) is 5.10. The molecule has 1 aliphatic heterocycles. The summed E-state index contributed by atoms with van der Waals surface area (Å²) >= 11 is 2.00. The molecule has 0 spiro atoms. The number of halogens is 1. The number of likely N-dealkylation sites (N-methyl/N-ethyl adjacent to an activating group) is 1. The minimum Gasteiger partial charge on any atom is -0.374 e. The second kappa shape index (κ2) is 5.63. The zero-order valence-corrected chi connectivity index (χ0v) is 11.5. The van der Waals surface area contributed by atoms with Gasteiger partial charge in [0.1, 0.15) is 23.0 Å². The van der Waals surface area contributed by atoms with Crippen molar-refractivity contribution < 1.29 is 7.80 Å². The van der Waals surface area contributed by atoms with Gasteiger partial charge in [-0.05, 0) is 34.2 Å². The fourth-order valence-electron chi connectivity index (χ4n) is 2.20. The minimum absolute atomic E-state index is 0.238. The summed E-state index contributed by atoms with van der Waals surface area (Å²) in [5.41, 5.74) is 0. The molecule has 0 bridgehead atoms. The normalized spacial score (nSPS) is 31.3. The van der Waals surface area contributed by atoms with Gasteiger partial charge in [-0.15, -0.1) is 0 Å². The topological polar surface area (TPSA) is 21.7 Å². The summed E-state index contributed by atoms with van der Waals surface area (Å²) in [6.07, 6.45) is 1.95. The summed E-state index contributed by atoms with van der Waals surface area (Å²) < 4.78 is 11.3. The van der Waals surface area contributed by atoms with E-state index in [0.717, 1.165) is 13.0 Å². The minimum atomic E-state index is 0.238. The largest absolute Gasteiger partial charge is 0.374 e. The van der Waals surface area contributed by atoms with Crippen LogP contribution in [0.15, 0.2) is 0 Å². The third-order valence-corrected chi connectivity index (χ3v) is 3.39. The number of hydrogen-bond acceptors (Lipinski definition) is 3. The van der Waals surface area contributed by atoms with E-state index < -0.39 is 0 Å². The van der Waals surface area contributed by atoms with Gasteiger partial charge in [-0.3, -0.25) is 4.90 Å². The van der Waals surface area contributed by atoms with E-state index in [1.165, 1.54) is 0 Å². The first-order valence-corrected chi connectivity index (χ1v) is 6.07. The summed E-state index contributed by atoms with van der Waals surface area (Å²) in [6.45, 7) is 7.38. The van der Waals surface area contributed by atoms with Crippen LogP contribution in [0.2, 0.25) is 0 Å². The van der Waals surface area contributed by atoms with E-state index in [-0.39, 0.29) is 12.2 Å². The zero-order chi connectivity index (χ0) is 10.7. The molecule has 0 radical (unpaired) electrons. The molecule has 84 valence electrons. The lowest BCUT2D eigenvalue weighted by atomic mass is 10.1. The first kappa shape index (κ1) is 12.7. The fraction of sp³-hybridized carbons (Fsp3) is 1.00. The van der Waals surface area contributed by atoms with Crippen LogP contribution >= 0.6 is 23.0 Å². The lowest BCUT2D eigenvalue weighted by Crippen LogP contribution is -2.43. The van der Waals surface area contributed by atoms with Crippen molar-refractivity contribution in [2.75, 3.05) is 13.6 Å². The molecule has 1 heterocycles. The molecule has 0 saturated carbocycles. The molecule has 3 nitrogen and oxygen atoms in total. The molecule has 1 fully saturated rings. The Bertz CT molecular complexity index is 178. The van der Waals surface area contributed by atoms with Gasteiger partial charge in [0.25, 0.3) is 0 Å². The Morgan fingerprint density at radius 3 is 2.50 bits per heavy atom. The predicted molar refractivity (Wildman–Crippen MR) is 65.6 cm³/mol. The van der Waals surface area contributed by atoms with Crippen molar-refractivity contribution in [1.29, 1.82) is 0 Å². The molecule has 1 aliphatic rings. The monoisotopic (exact) mass is 313 g/mol. The van der Waals surface area contributed by atoms with Crippen molar-refractivity contribution in [2.45, 2.75) is 51.5 Å². The highest BCUT2D eigenvalue weighted by atomic mass is 127. The number of nitrogens with zero attached hydrogens (tertiary/aromatic N) is 1. The summed E-state index contributed by atoms with van der Waals surface area (Å²) in [6, 6.07) is 0.397. The Labute approximate surface area is 101 Å². The highest BCUT2D eigenvalue weighted by molar-refractivity contribution is 14.1. The smallest absolute Gasteiger partial charge is 0.110 e. The molecule has 0 aromatic carbocycles. The van der Waals surface area contributed by atoms with Gasteiger partial charge in [0.15, 0.2) is 0 Å². The van der Waals surface area contributed by atoms with E-state index in [2.05, 4.69) is 32.7 Å². The molecule has 4 heteroatoms. The van der Waals surface area contributed by atoms with Crippen LogP contribution in [-0.4, -0.2) is 42.8 Å². The third-order valence-electron chi connectivity index (χ3n) is 2.74. The van der Waals surface area contributed by atoms with Gasteiger partial charge in [0.05, 0.1) is 24.4 Å². The standard InChI is InChI=1S/C10H20INO2/c1-7(2)13-8(3)10-9(14-11)5-6-12(10)4/h7-10H,5-6H2,1-4H3/t8-,9-,10+/m0/s1. The van der Waals surface area contributed by atoms with Crippen LogP contribution in [-0.2, 0) is 7.80 Å². The van der Waals surface area contributed by atoms with Crippen molar-refractivity contribution in [1.82, 2.24) is 4.90 Å². The van der Waals surface area contributed by atoms with E-state index in [9.17, 15) is 0 Å². The van der Waals surface area contributed by atoms with Gasteiger partial charge in [0, 0.05) is 6.54 Å². The molecule has 0 N–H and O–H groups in total. The highest BCUT2D eigenvalue weighted by Crippen LogP contribution is 2.25. The maximum absolute atomic E-state index is 5.81. The SMILES string of the molecule is CC(C)O[C@@H](C)[C@@H]1[C@@H](OI)CCN1C. The second-order valence-electron chi connectivity index (χ2n) is 4.28. The second-order valence-corrected chi connectivity index (χ2v) is 4.79. The summed E-state index contributed by atoms with van der Waals surface area (Å²) in [4.78, 5) is 2.33. The quantitative estimate of drug-likeness (QED) is 0.743. The van der Waals surface area contributed by atoms with Gasteiger partial charge in [-0.2, -0.15) is 0 Å². The van der Waals surface area contributed by atoms with Crippen molar-refractivity contribution >= 4 is 23.0 Å². The molecule has 1 saturated heterocycles. The average Bonchev–Trinajstić information content (AvgIpc) is 2.45. The van der Waals surface area contributed by atoms with Crippen molar-refractivity contribution in [3.8, 4) is 0 Å². The predicted octanol–water partition coefficient (Wildman–Crippen LogP) is 2.24. The Balaban J connectivity index is 2.54. The van der Waals surface area contributed by atoms with Gasteiger partial charge < -0.3 is 7.80 Å². The van der Waals surface area contributed by atoms with E-state index in [1.807, 2.05) is 23.0 Å². The summed E-state index contributed by atoms with van der Waals surface area (Å²) in [7, 11) is 2.14. The Hall–Kier alpha value is 0.610. The molecular weight excluding hydrogens is 293 g/mol. The van der Waals surface area contributed by atoms with Crippen LogP contribution in [0.3, 0.4) is 0 Å². The number of ether oxygens (including phenoxy) is 1. The first-order chi connectivity index (χ1) is 6.56. The Morgan fingerprint density at radius 1 is 1.36 bits per heavy atom. The van der Waals surface area contributed by atoms with Gasteiger partial charge >= 0.3 is 0 Å². The fourth-order valence-corrected chi connectivity index (χ4v) is 2.76. The molecule has 0 aliphatic carbocycles. The number of hydrogen-bond donors (Lipinski definition) is 0. The van der Waals surface area contributed by atoms with E-state index in [4.69, 9.17) is 7.80 Å². The van der Waals surface area contributed by atoms with Crippen LogP contribution in [0.4, 0.5) is 0 Å². The molecule has 14 heavy (non-hydrogen) atoms. The maximum atomic E-state index is 5.81. The third kappa shape index (κ3) is 3.05. The molecule has 0 aromatic rings. The number of likely N-dealkylation sites (tertiary alicyclic amines) is 1. The average molecular weight is 313 g/mol. The first-order valence-electron chi connectivity index (χ1n) is 5.19.